The van der Waals surface area contributed by atoms with Gasteiger partial charge in [0.25, 0.3) is 0 Å². The van der Waals surface area contributed by atoms with Crippen LogP contribution in [-0.4, -0.2) is 13.1 Å². The van der Waals surface area contributed by atoms with Crippen molar-refractivity contribution in [2.75, 3.05) is 13.1 Å². The molecule has 0 saturated heterocycles. The van der Waals surface area contributed by atoms with Gasteiger partial charge >= 0.3 is 18.6 Å². The normalized spacial score (nSPS) is 8.86. The van der Waals surface area contributed by atoms with Crippen LogP contribution in [0, 0.1) is 0 Å². The first-order chi connectivity index (χ1) is 2.91. The standard InChI is InChI=1S/C4H8N2.V/c5-3-1-2-4-6;/h1-2,5-6H,3-4H2;/q-2;+2/b2-1-;. The van der Waals surface area contributed by atoms with Gasteiger partial charge in [-0.05, 0) is 0 Å². The summed E-state index contributed by atoms with van der Waals surface area (Å²) in [6.07, 6.45) is 3.32. The van der Waals surface area contributed by atoms with E-state index in [2.05, 4.69) is 0 Å². The van der Waals surface area contributed by atoms with Crippen LogP contribution in [0.25, 0.3) is 11.5 Å². The molecule has 0 bridgehead atoms. The molecule has 0 aromatic heterocycles. The van der Waals surface area contributed by atoms with Gasteiger partial charge in [0.05, 0.1) is 0 Å². The van der Waals surface area contributed by atoms with Crippen molar-refractivity contribution in [2.45, 2.75) is 0 Å². The summed E-state index contributed by atoms with van der Waals surface area (Å²) < 4.78 is 0. The third-order valence-electron chi connectivity index (χ3n) is 0.402. The molecular weight excluding hydrogens is 127 g/mol. The van der Waals surface area contributed by atoms with E-state index in [0.29, 0.717) is 13.1 Å². The number of rotatable bonds is 2. The van der Waals surface area contributed by atoms with Crippen LogP contribution in [0.15, 0.2) is 12.2 Å². The first kappa shape index (κ1) is 10.3. The molecule has 7 heavy (non-hydrogen) atoms. The Morgan fingerprint density at radius 1 is 1.00 bits per heavy atom. The molecule has 0 unspecified atom stereocenters. The van der Waals surface area contributed by atoms with Crippen LogP contribution in [0.4, 0.5) is 0 Å². The van der Waals surface area contributed by atoms with Gasteiger partial charge in [0.15, 0.2) is 0 Å². The van der Waals surface area contributed by atoms with Crippen LogP contribution in [0.2, 0.25) is 0 Å². The van der Waals surface area contributed by atoms with E-state index in [9.17, 15) is 0 Å². The van der Waals surface area contributed by atoms with Crippen LogP contribution in [0.1, 0.15) is 0 Å². The zero-order chi connectivity index (χ0) is 4.83. The smallest absolute Gasteiger partial charge is 0.674 e. The van der Waals surface area contributed by atoms with Gasteiger partial charge in [0.2, 0.25) is 0 Å². The summed E-state index contributed by atoms with van der Waals surface area (Å²) in [4.78, 5) is 0. The zero-order valence-corrected chi connectivity index (χ0v) is 5.41. The van der Waals surface area contributed by atoms with Crippen molar-refractivity contribution >= 4 is 0 Å². The van der Waals surface area contributed by atoms with Crippen molar-refractivity contribution in [3.8, 4) is 0 Å². The third-order valence-corrected chi connectivity index (χ3v) is 0.402. The van der Waals surface area contributed by atoms with Crippen LogP contribution < -0.4 is 0 Å². The van der Waals surface area contributed by atoms with Gasteiger partial charge in [0, 0.05) is 0 Å². The fourth-order valence-corrected chi connectivity index (χ4v) is 0.167. The number of nitrogens with one attached hydrogen (secondary N) is 2. The molecule has 0 atom stereocenters. The van der Waals surface area contributed by atoms with Gasteiger partial charge in [-0.1, -0.05) is 0 Å². The molecule has 0 fully saturated rings. The van der Waals surface area contributed by atoms with E-state index in [4.69, 9.17) is 11.5 Å². The maximum absolute atomic E-state index is 6.54. The van der Waals surface area contributed by atoms with Crippen molar-refractivity contribution in [2.24, 2.45) is 0 Å². The van der Waals surface area contributed by atoms with Crippen LogP contribution in [0.5, 0.6) is 0 Å². The van der Waals surface area contributed by atoms with E-state index < -0.39 is 0 Å². The first-order valence-corrected chi connectivity index (χ1v) is 1.86. The monoisotopic (exact) mass is 135 g/mol. The van der Waals surface area contributed by atoms with Crippen molar-refractivity contribution in [3.05, 3.63) is 23.6 Å². The average molecular weight is 135 g/mol. The second kappa shape index (κ2) is 9.53. The van der Waals surface area contributed by atoms with Gasteiger partial charge in [-0.25, -0.2) is 0 Å². The van der Waals surface area contributed by atoms with E-state index >= 15 is 0 Å². The molecule has 0 spiro atoms. The molecule has 0 amide bonds. The summed E-state index contributed by atoms with van der Waals surface area (Å²) in [7, 11) is 0. The summed E-state index contributed by atoms with van der Waals surface area (Å²) >= 11 is 0. The predicted molar refractivity (Wildman–Crippen MR) is 27.5 cm³/mol. The fraction of sp³-hybridized carbons (Fsp3) is 0.500. The Hall–Kier alpha value is 0.244. The summed E-state index contributed by atoms with van der Waals surface area (Å²) in [5.41, 5.74) is 13.1. The minimum atomic E-state index is 0. The molecule has 0 aliphatic heterocycles. The molecule has 3 heteroatoms. The molecule has 1 radical (unpaired) electrons. The topological polar surface area (TPSA) is 47.6 Å². The number of hydrogen-bond acceptors (Lipinski definition) is 0. The van der Waals surface area contributed by atoms with Crippen LogP contribution in [-0.2, 0) is 18.6 Å². The summed E-state index contributed by atoms with van der Waals surface area (Å²) in [5, 5.41) is 0. The van der Waals surface area contributed by atoms with Gasteiger partial charge in [-0.3, -0.25) is 0 Å². The van der Waals surface area contributed by atoms with E-state index in [1.165, 1.54) is 0 Å². The quantitative estimate of drug-likeness (QED) is 0.517. The Kier molecular flexibility index (Phi) is 14.0. The summed E-state index contributed by atoms with van der Waals surface area (Å²) in [6, 6.07) is 0. The molecule has 0 aliphatic rings. The van der Waals surface area contributed by atoms with Crippen LogP contribution in [0.3, 0.4) is 0 Å². The van der Waals surface area contributed by atoms with Gasteiger partial charge in [-0.15, -0.1) is 25.2 Å². The second-order valence-corrected chi connectivity index (χ2v) is 0.880. The Labute approximate surface area is 55.8 Å². The van der Waals surface area contributed by atoms with Crippen LogP contribution >= 0.6 is 0 Å². The molecule has 0 heterocycles. The van der Waals surface area contributed by atoms with Crippen molar-refractivity contribution in [3.63, 3.8) is 0 Å². The van der Waals surface area contributed by atoms with Crippen molar-refractivity contribution in [1.82, 2.24) is 0 Å². The van der Waals surface area contributed by atoms with E-state index in [1.807, 2.05) is 0 Å². The first-order valence-electron chi connectivity index (χ1n) is 1.86. The average Bonchev–Trinajstić information content (AvgIpc) is 1.61. The van der Waals surface area contributed by atoms with E-state index in [0.717, 1.165) is 0 Å². The zero-order valence-electron chi connectivity index (χ0n) is 4.02. The van der Waals surface area contributed by atoms with Crippen molar-refractivity contribution in [1.29, 1.82) is 0 Å². The van der Waals surface area contributed by atoms with E-state index in [1.54, 1.807) is 12.2 Å². The molecule has 0 aromatic carbocycles. The van der Waals surface area contributed by atoms with Gasteiger partial charge in [0.1, 0.15) is 0 Å². The third kappa shape index (κ3) is 10.7. The SMILES string of the molecule is [NH-]C/C=C\C[NH-].[V+2]. The fourth-order valence-electron chi connectivity index (χ4n) is 0.167. The minimum Gasteiger partial charge on any atom is -0.674 e. The molecule has 0 saturated carbocycles. The van der Waals surface area contributed by atoms with Gasteiger partial charge in [-0.2, -0.15) is 0 Å². The van der Waals surface area contributed by atoms with Gasteiger partial charge < -0.3 is 11.5 Å². The predicted octanol–water partition coefficient (Wildman–Crippen LogP) is 1.64. The molecule has 0 rings (SSSR count). The maximum atomic E-state index is 6.54. The molecule has 39 valence electrons. The van der Waals surface area contributed by atoms with E-state index in [-0.39, 0.29) is 18.6 Å². The molecule has 2 N–H and O–H groups in total. The Morgan fingerprint density at radius 3 is 1.43 bits per heavy atom. The molecule has 0 aliphatic carbocycles. The molecule has 2 nitrogen and oxygen atoms in total. The Morgan fingerprint density at radius 2 is 1.29 bits per heavy atom. The number of hydrogen-bond donors (Lipinski definition) is 0. The largest absolute Gasteiger partial charge is 2.00 e. The summed E-state index contributed by atoms with van der Waals surface area (Å²) in [5.74, 6) is 0. The minimum absolute atomic E-state index is 0. The second-order valence-electron chi connectivity index (χ2n) is 0.880. The Bertz CT molecular complexity index is 39.0. The molecule has 0 aromatic rings. The summed E-state index contributed by atoms with van der Waals surface area (Å²) in [6.45, 7) is 0.609. The van der Waals surface area contributed by atoms with Crippen molar-refractivity contribution < 1.29 is 18.6 Å². The Balaban J connectivity index is 0. The maximum Gasteiger partial charge on any atom is 2.00 e. The molecular formula is C4H8N2V.